The van der Waals surface area contributed by atoms with E-state index < -0.39 is 28.0 Å². The number of nitrogens with zero attached hydrogens (tertiary/aromatic N) is 1. The molecule has 12 heteroatoms. The molecule has 0 aromatic heterocycles. The molecule has 0 aliphatic carbocycles. The number of carbonyl (C=O) groups excluding carboxylic acids is 3. The lowest BCUT2D eigenvalue weighted by Crippen LogP contribution is -2.54. The second kappa shape index (κ2) is 13.1. The lowest BCUT2D eigenvalue weighted by Gasteiger charge is -2.26. The number of rotatable bonds is 10. The van der Waals surface area contributed by atoms with Crippen LogP contribution in [0.5, 0.6) is 17.2 Å². The van der Waals surface area contributed by atoms with Gasteiger partial charge in [0.25, 0.3) is 11.8 Å². The number of carbonyl (C=O) groups is 3. The van der Waals surface area contributed by atoms with Crippen molar-refractivity contribution in [1.82, 2.24) is 5.32 Å². The van der Waals surface area contributed by atoms with Crippen LogP contribution in [0.4, 0.5) is 10.5 Å². The lowest BCUT2D eigenvalue weighted by molar-refractivity contribution is -0.122. The fourth-order valence-corrected chi connectivity index (χ4v) is 5.88. The molecule has 0 bridgehead atoms. The monoisotopic (exact) mass is 676 g/mol. The second-order valence-electron chi connectivity index (χ2n) is 9.34. The minimum Gasteiger partial charge on any atom is -0.490 e. The van der Waals surface area contributed by atoms with Gasteiger partial charge in [-0.2, -0.15) is 8.42 Å². The molecule has 1 heterocycles. The largest absolute Gasteiger partial charge is 0.490 e. The van der Waals surface area contributed by atoms with Crippen LogP contribution in [-0.2, 0) is 26.3 Å². The van der Waals surface area contributed by atoms with Crippen LogP contribution in [-0.4, -0.2) is 32.9 Å². The number of benzene rings is 4. The summed E-state index contributed by atoms with van der Waals surface area (Å²) in [6.45, 7) is 2.21. The third kappa shape index (κ3) is 6.82. The Morgan fingerprint density at radius 3 is 2.18 bits per heavy atom. The summed E-state index contributed by atoms with van der Waals surface area (Å²) in [6, 6.07) is 25.5. The number of hydrogen-bond donors (Lipinski definition) is 1. The number of halogens is 1. The fraction of sp³-hybridized carbons (Fsp3) is 0.0938. The molecular formula is C32H25BrN2O8S. The number of hydrogen-bond acceptors (Lipinski definition) is 8. The van der Waals surface area contributed by atoms with Crippen LogP contribution in [0.25, 0.3) is 6.08 Å². The minimum absolute atomic E-state index is 0.0504. The molecule has 4 aromatic rings. The van der Waals surface area contributed by atoms with E-state index in [0.717, 1.165) is 10.5 Å². The average molecular weight is 678 g/mol. The van der Waals surface area contributed by atoms with E-state index in [0.29, 0.717) is 17.9 Å². The van der Waals surface area contributed by atoms with E-state index in [4.69, 9.17) is 13.7 Å². The molecule has 0 unspecified atom stereocenters. The first kappa shape index (κ1) is 30.5. The van der Waals surface area contributed by atoms with Crippen molar-refractivity contribution in [2.75, 3.05) is 11.5 Å². The molecule has 1 saturated heterocycles. The molecule has 44 heavy (non-hydrogen) atoms. The van der Waals surface area contributed by atoms with Crippen molar-refractivity contribution in [2.45, 2.75) is 18.4 Å². The van der Waals surface area contributed by atoms with Crippen molar-refractivity contribution < 1.29 is 36.5 Å². The zero-order chi connectivity index (χ0) is 31.3. The van der Waals surface area contributed by atoms with Gasteiger partial charge in [-0.25, -0.2) is 9.69 Å². The zero-order valence-electron chi connectivity index (χ0n) is 23.2. The summed E-state index contributed by atoms with van der Waals surface area (Å²) < 4.78 is 42.7. The summed E-state index contributed by atoms with van der Waals surface area (Å²) in [5.74, 6) is -1.27. The predicted molar refractivity (Wildman–Crippen MR) is 166 cm³/mol. The Morgan fingerprint density at radius 1 is 0.864 bits per heavy atom. The molecule has 0 saturated carbocycles. The van der Waals surface area contributed by atoms with Gasteiger partial charge < -0.3 is 13.7 Å². The van der Waals surface area contributed by atoms with Gasteiger partial charge in [0.2, 0.25) is 0 Å². The van der Waals surface area contributed by atoms with Crippen LogP contribution < -0.4 is 23.9 Å². The first-order valence-corrected chi connectivity index (χ1v) is 15.5. The minimum atomic E-state index is -4.20. The van der Waals surface area contributed by atoms with Crippen LogP contribution >= 0.6 is 15.9 Å². The standard InChI is InChI=1S/C32H25BrN2O8S/c1-2-41-28-19-22(18-27(33)29(28)43-44(39,40)25-11-7-4-8-12-25)17-26-30(36)34-32(38)35(31(26)37)23-13-15-24(16-14-23)42-20-21-9-5-3-6-10-21/h3-19H,2,20H2,1H3,(H,34,36,38)/b26-17+. The molecule has 1 N–H and O–H groups in total. The third-order valence-electron chi connectivity index (χ3n) is 6.31. The van der Waals surface area contributed by atoms with E-state index in [-0.39, 0.29) is 38.7 Å². The molecule has 0 spiro atoms. The highest BCUT2D eigenvalue weighted by Gasteiger charge is 2.37. The van der Waals surface area contributed by atoms with Crippen molar-refractivity contribution in [3.8, 4) is 17.2 Å². The molecule has 5 rings (SSSR count). The summed E-state index contributed by atoms with van der Waals surface area (Å²) in [4.78, 5) is 39.7. The van der Waals surface area contributed by atoms with E-state index in [1.165, 1.54) is 42.5 Å². The number of ether oxygens (including phenoxy) is 2. The van der Waals surface area contributed by atoms with E-state index in [1.807, 2.05) is 30.3 Å². The quantitative estimate of drug-likeness (QED) is 0.126. The van der Waals surface area contributed by atoms with Crippen LogP contribution in [0.15, 0.2) is 112 Å². The molecule has 1 aliphatic heterocycles. The number of imide groups is 2. The maximum absolute atomic E-state index is 13.5. The van der Waals surface area contributed by atoms with Crippen molar-refractivity contribution in [3.05, 3.63) is 118 Å². The van der Waals surface area contributed by atoms with Gasteiger partial charge in [0.15, 0.2) is 11.5 Å². The third-order valence-corrected chi connectivity index (χ3v) is 8.14. The Labute approximate surface area is 262 Å². The fourth-order valence-electron chi connectivity index (χ4n) is 4.25. The number of amides is 4. The van der Waals surface area contributed by atoms with Crippen molar-refractivity contribution in [1.29, 1.82) is 0 Å². The zero-order valence-corrected chi connectivity index (χ0v) is 25.6. The highest BCUT2D eigenvalue weighted by Crippen LogP contribution is 2.39. The van der Waals surface area contributed by atoms with Gasteiger partial charge in [0, 0.05) is 0 Å². The second-order valence-corrected chi connectivity index (χ2v) is 11.7. The number of anilines is 1. The number of barbiturate groups is 1. The summed E-state index contributed by atoms with van der Waals surface area (Å²) >= 11 is 3.32. The van der Waals surface area contributed by atoms with Gasteiger partial charge in [-0.05, 0) is 88.6 Å². The van der Waals surface area contributed by atoms with Gasteiger partial charge >= 0.3 is 16.1 Å². The summed E-state index contributed by atoms with van der Waals surface area (Å²) in [6.07, 6.45) is 1.28. The van der Waals surface area contributed by atoms with Gasteiger partial charge in [-0.3, -0.25) is 14.9 Å². The number of urea groups is 1. The van der Waals surface area contributed by atoms with Gasteiger partial charge in [0.1, 0.15) is 22.8 Å². The molecule has 4 amide bonds. The summed E-state index contributed by atoms with van der Waals surface area (Å²) in [5.41, 5.74) is 1.19. The van der Waals surface area contributed by atoms with Gasteiger partial charge in [0.05, 0.1) is 16.8 Å². The van der Waals surface area contributed by atoms with Crippen molar-refractivity contribution in [2.24, 2.45) is 0 Å². The first-order chi connectivity index (χ1) is 21.2. The Bertz CT molecular complexity index is 1840. The van der Waals surface area contributed by atoms with Crippen LogP contribution in [0.2, 0.25) is 0 Å². The van der Waals surface area contributed by atoms with Gasteiger partial charge in [-0.1, -0.05) is 48.5 Å². The van der Waals surface area contributed by atoms with Crippen LogP contribution in [0.3, 0.4) is 0 Å². The van der Waals surface area contributed by atoms with Gasteiger partial charge in [-0.15, -0.1) is 0 Å². The van der Waals surface area contributed by atoms with Crippen molar-refractivity contribution >= 4 is 55.7 Å². The molecular weight excluding hydrogens is 652 g/mol. The molecule has 1 fully saturated rings. The Kier molecular flexibility index (Phi) is 9.12. The topological polar surface area (TPSA) is 128 Å². The van der Waals surface area contributed by atoms with E-state index in [1.54, 1.807) is 37.3 Å². The highest BCUT2D eigenvalue weighted by molar-refractivity contribution is 9.10. The first-order valence-electron chi connectivity index (χ1n) is 13.3. The molecule has 224 valence electrons. The Balaban J connectivity index is 1.40. The highest BCUT2D eigenvalue weighted by atomic mass is 79.9. The molecule has 1 aliphatic rings. The predicted octanol–water partition coefficient (Wildman–Crippen LogP) is 5.86. The molecule has 10 nitrogen and oxygen atoms in total. The SMILES string of the molecule is CCOc1cc(/C=C2\C(=O)NC(=O)N(c3ccc(OCc4ccccc4)cc3)C2=O)cc(Br)c1OS(=O)(=O)c1ccccc1. The maximum atomic E-state index is 13.5. The maximum Gasteiger partial charge on any atom is 0.339 e. The van der Waals surface area contributed by atoms with Crippen LogP contribution in [0, 0.1) is 0 Å². The lowest BCUT2D eigenvalue weighted by atomic mass is 10.1. The Hall–Kier alpha value is -4.94. The molecule has 0 atom stereocenters. The van der Waals surface area contributed by atoms with Crippen molar-refractivity contribution in [3.63, 3.8) is 0 Å². The summed E-state index contributed by atoms with van der Waals surface area (Å²) in [7, 11) is -4.20. The van der Waals surface area contributed by atoms with E-state index in [2.05, 4.69) is 21.2 Å². The normalized spacial score (nSPS) is 14.4. The average Bonchev–Trinajstić information content (AvgIpc) is 3.01. The summed E-state index contributed by atoms with van der Waals surface area (Å²) in [5, 5.41) is 2.19. The number of nitrogens with one attached hydrogen (secondary N) is 1. The van der Waals surface area contributed by atoms with E-state index >= 15 is 0 Å². The smallest absolute Gasteiger partial charge is 0.339 e. The molecule has 4 aromatic carbocycles. The molecule has 0 radical (unpaired) electrons. The Morgan fingerprint density at radius 2 is 1.52 bits per heavy atom. The van der Waals surface area contributed by atoms with Crippen LogP contribution in [0.1, 0.15) is 18.1 Å². The van der Waals surface area contributed by atoms with E-state index in [9.17, 15) is 22.8 Å².